The van der Waals surface area contributed by atoms with Crippen LogP contribution in [-0.4, -0.2) is 37.4 Å². The number of anilines is 1. The first kappa shape index (κ1) is 18.2. The highest BCUT2D eigenvalue weighted by atomic mass is 32.2. The van der Waals surface area contributed by atoms with Gasteiger partial charge in [0.05, 0.1) is 17.5 Å². The second-order valence-electron chi connectivity index (χ2n) is 6.37. The Bertz CT molecular complexity index is 1130. The van der Waals surface area contributed by atoms with Crippen molar-refractivity contribution >= 4 is 21.7 Å². The van der Waals surface area contributed by atoms with Gasteiger partial charge in [-0.2, -0.15) is 0 Å². The number of carbonyl (C=O) groups excluding carboxylic acids is 1. The molecule has 0 spiro atoms. The largest absolute Gasteiger partial charge is 0.452 e. The third kappa shape index (κ3) is 3.61. The normalized spacial score (nSPS) is 13.4. The lowest BCUT2D eigenvalue weighted by molar-refractivity contribution is 0.0438. The van der Waals surface area contributed by atoms with Crippen LogP contribution in [0.1, 0.15) is 21.8 Å². The second-order valence-corrected chi connectivity index (χ2v) is 8.28. The highest BCUT2D eigenvalue weighted by Gasteiger charge is 2.27. The fourth-order valence-corrected chi connectivity index (χ4v) is 4.02. The fraction of sp³-hybridized carbons (Fsp3) is 0.211. The van der Waals surface area contributed by atoms with E-state index in [1.54, 1.807) is 18.2 Å². The smallest absolute Gasteiger partial charge is 0.338 e. The minimum atomic E-state index is -3.33. The minimum absolute atomic E-state index is 0.148. The van der Waals surface area contributed by atoms with Crippen LogP contribution in [0.2, 0.25) is 0 Å². The first-order valence-corrected chi connectivity index (χ1v) is 10.4. The van der Waals surface area contributed by atoms with Gasteiger partial charge in [0, 0.05) is 12.1 Å². The van der Waals surface area contributed by atoms with Crippen molar-refractivity contribution in [1.82, 2.24) is 10.2 Å². The van der Waals surface area contributed by atoms with Crippen LogP contribution in [-0.2, 0) is 27.8 Å². The standard InChI is InChI=1S/C19H17N3O5S/c1-28(24,25)22-10-9-14-11-15(7-8-16(14)22)19(23)26-12-17-20-21-18(27-17)13-5-3-2-4-6-13/h2-8,11H,9-10,12H2,1H3. The van der Waals surface area contributed by atoms with Gasteiger partial charge in [-0.15, -0.1) is 10.2 Å². The molecule has 0 saturated carbocycles. The Morgan fingerprint density at radius 3 is 2.71 bits per heavy atom. The monoisotopic (exact) mass is 399 g/mol. The van der Waals surface area contributed by atoms with E-state index in [0.29, 0.717) is 30.1 Å². The maximum atomic E-state index is 12.3. The molecule has 0 atom stereocenters. The summed E-state index contributed by atoms with van der Waals surface area (Å²) in [6.07, 6.45) is 1.71. The van der Waals surface area contributed by atoms with Crippen molar-refractivity contribution in [3.05, 3.63) is 65.5 Å². The van der Waals surface area contributed by atoms with E-state index in [4.69, 9.17) is 9.15 Å². The molecule has 0 fully saturated rings. The van der Waals surface area contributed by atoms with Gasteiger partial charge in [0.25, 0.3) is 5.89 Å². The summed E-state index contributed by atoms with van der Waals surface area (Å²) in [5.41, 5.74) is 2.52. The van der Waals surface area contributed by atoms with Gasteiger partial charge in [-0.1, -0.05) is 18.2 Å². The SMILES string of the molecule is CS(=O)(=O)N1CCc2cc(C(=O)OCc3nnc(-c4ccccc4)o3)ccc21. The van der Waals surface area contributed by atoms with Crippen molar-refractivity contribution in [2.24, 2.45) is 0 Å². The molecule has 0 aliphatic carbocycles. The van der Waals surface area contributed by atoms with Crippen LogP contribution in [0.5, 0.6) is 0 Å². The van der Waals surface area contributed by atoms with Crippen molar-refractivity contribution in [2.75, 3.05) is 17.1 Å². The van der Waals surface area contributed by atoms with E-state index in [9.17, 15) is 13.2 Å². The molecule has 1 aromatic heterocycles. The molecule has 4 rings (SSSR count). The lowest BCUT2D eigenvalue weighted by Crippen LogP contribution is -2.27. The topological polar surface area (TPSA) is 103 Å². The number of nitrogens with zero attached hydrogens (tertiary/aromatic N) is 3. The van der Waals surface area contributed by atoms with Gasteiger partial charge < -0.3 is 9.15 Å². The molecule has 0 radical (unpaired) electrons. The molecule has 3 aromatic rings. The van der Waals surface area contributed by atoms with Crippen molar-refractivity contribution < 1.29 is 22.4 Å². The Balaban J connectivity index is 1.43. The summed E-state index contributed by atoms with van der Waals surface area (Å²) in [6.45, 7) is 0.224. The number of ether oxygens (including phenoxy) is 1. The molecule has 9 heteroatoms. The van der Waals surface area contributed by atoms with Crippen LogP contribution in [0.4, 0.5) is 5.69 Å². The number of benzene rings is 2. The Labute approximate surface area is 161 Å². The number of aromatic nitrogens is 2. The summed E-state index contributed by atoms with van der Waals surface area (Å²) >= 11 is 0. The zero-order valence-electron chi connectivity index (χ0n) is 15.0. The molecule has 0 saturated heterocycles. The van der Waals surface area contributed by atoms with E-state index in [1.807, 2.05) is 30.3 Å². The summed E-state index contributed by atoms with van der Waals surface area (Å²) in [5, 5.41) is 7.83. The molecule has 1 aliphatic heterocycles. The molecule has 0 unspecified atom stereocenters. The molecular formula is C19H17N3O5S. The Hall–Kier alpha value is -3.20. The highest BCUT2D eigenvalue weighted by Crippen LogP contribution is 2.31. The molecule has 2 aromatic carbocycles. The number of sulfonamides is 1. The summed E-state index contributed by atoms with van der Waals surface area (Å²) in [5.74, 6) is 0.00160. The third-order valence-electron chi connectivity index (χ3n) is 4.38. The van der Waals surface area contributed by atoms with Crippen LogP contribution in [0.15, 0.2) is 52.9 Å². The predicted molar refractivity (Wildman–Crippen MR) is 101 cm³/mol. The summed E-state index contributed by atoms with van der Waals surface area (Å²) < 4.78 is 35.7. The average Bonchev–Trinajstić information content (AvgIpc) is 3.33. The molecule has 1 aliphatic rings. The number of rotatable bonds is 5. The second kappa shape index (κ2) is 7.08. The fourth-order valence-electron chi connectivity index (χ4n) is 3.06. The first-order valence-electron chi connectivity index (χ1n) is 8.57. The Morgan fingerprint density at radius 1 is 1.18 bits per heavy atom. The summed E-state index contributed by atoms with van der Waals surface area (Å²) in [4.78, 5) is 12.3. The van der Waals surface area contributed by atoms with E-state index in [1.165, 1.54) is 10.6 Å². The molecule has 28 heavy (non-hydrogen) atoms. The highest BCUT2D eigenvalue weighted by molar-refractivity contribution is 7.92. The van der Waals surface area contributed by atoms with Crippen molar-refractivity contribution in [1.29, 1.82) is 0 Å². The van der Waals surface area contributed by atoms with E-state index in [0.717, 1.165) is 11.1 Å². The number of esters is 1. The van der Waals surface area contributed by atoms with Gasteiger partial charge in [-0.05, 0) is 42.3 Å². The van der Waals surface area contributed by atoms with Crippen LogP contribution in [0, 0.1) is 0 Å². The molecule has 0 amide bonds. The van der Waals surface area contributed by atoms with Gasteiger partial charge in [-0.25, -0.2) is 13.2 Å². The Kier molecular flexibility index (Phi) is 4.60. The number of hydrogen-bond acceptors (Lipinski definition) is 7. The van der Waals surface area contributed by atoms with Crippen LogP contribution in [0.25, 0.3) is 11.5 Å². The predicted octanol–water partition coefficient (Wildman–Crippen LogP) is 2.42. The quantitative estimate of drug-likeness (QED) is 0.607. The van der Waals surface area contributed by atoms with E-state index < -0.39 is 16.0 Å². The van der Waals surface area contributed by atoms with E-state index in [2.05, 4.69) is 10.2 Å². The zero-order chi connectivity index (χ0) is 19.7. The molecule has 2 heterocycles. The van der Waals surface area contributed by atoms with Gasteiger partial charge in [-0.3, -0.25) is 4.31 Å². The van der Waals surface area contributed by atoms with Gasteiger partial charge in [0.2, 0.25) is 15.9 Å². The zero-order valence-corrected chi connectivity index (χ0v) is 15.8. The van der Waals surface area contributed by atoms with Crippen LogP contribution >= 0.6 is 0 Å². The lowest BCUT2D eigenvalue weighted by atomic mass is 10.1. The maximum absolute atomic E-state index is 12.3. The number of carbonyl (C=O) groups is 1. The number of hydrogen-bond donors (Lipinski definition) is 0. The molecule has 8 nitrogen and oxygen atoms in total. The molecule has 0 bridgehead atoms. The average molecular weight is 399 g/mol. The van der Waals surface area contributed by atoms with Crippen molar-refractivity contribution in [3.63, 3.8) is 0 Å². The van der Waals surface area contributed by atoms with Crippen LogP contribution in [0.3, 0.4) is 0 Å². The van der Waals surface area contributed by atoms with E-state index in [-0.39, 0.29) is 12.5 Å². The molecule has 0 N–H and O–H groups in total. The Morgan fingerprint density at radius 2 is 1.96 bits per heavy atom. The van der Waals surface area contributed by atoms with E-state index >= 15 is 0 Å². The third-order valence-corrected chi connectivity index (χ3v) is 5.56. The first-order chi connectivity index (χ1) is 13.4. The van der Waals surface area contributed by atoms with Gasteiger partial charge in [0.15, 0.2) is 6.61 Å². The van der Waals surface area contributed by atoms with Gasteiger partial charge in [0.1, 0.15) is 0 Å². The van der Waals surface area contributed by atoms with Crippen LogP contribution < -0.4 is 4.31 Å². The minimum Gasteiger partial charge on any atom is -0.452 e. The molecule has 144 valence electrons. The number of fused-ring (bicyclic) bond motifs is 1. The van der Waals surface area contributed by atoms with Crippen molar-refractivity contribution in [3.8, 4) is 11.5 Å². The summed E-state index contributed by atoms with van der Waals surface area (Å²) in [7, 11) is -3.33. The summed E-state index contributed by atoms with van der Waals surface area (Å²) in [6, 6.07) is 14.1. The lowest BCUT2D eigenvalue weighted by Gasteiger charge is -2.16. The molecular weight excluding hydrogens is 382 g/mol. The van der Waals surface area contributed by atoms with Crippen molar-refractivity contribution in [2.45, 2.75) is 13.0 Å². The van der Waals surface area contributed by atoms with Gasteiger partial charge >= 0.3 is 5.97 Å². The maximum Gasteiger partial charge on any atom is 0.338 e.